The monoisotopic (exact) mass is 444 g/mol. The van der Waals surface area contributed by atoms with Crippen LogP contribution in [0.2, 0.25) is 0 Å². The van der Waals surface area contributed by atoms with Crippen LogP contribution in [0, 0.1) is 29.1 Å². The molecule has 0 atom stereocenters. The normalized spacial score (nSPS) is 10.6. The van der Waals surface area contributed by atoms with E-state index in [2.05, 4.69) is 44.5 Å². The fourth-order valence-corrected chi connectivity index (χ4v) is 3.58. The van der Waals surface area contributed by atoms with Crippen molar-refractivity contribution >= 4 is 0 Å². The molecule has 33 heavy (non-hydrogen) atoms. The van der Waals surface area contributed by atoms with Crippen molar-refractivity contribution in [2.24, 2.45) is 5.41 Å². The van der Waals surface area contributed by atoms with Crippen LogP contribution in [-0.4, -0.2) is 14.2 Å². The molecule has 0 fully saturated rings. The van der Waals surface area contributed by atoms with Crippen LogP contribution in [0.25, 0.3) is 0 Å². The van der Waals surface area contributed by atoms with Crippen molar-refractivity contribution in [1.82, 2.24) is 0 Å². The molecule has 0 amide bonds. The summed E-state index contributed by atoms with van der Waals surface area (Å²) in [5.74, 6) is 14.4. The molecule has 2 aromatic rings. The molecule has 0 aliphatic carbocycles. The molecule has 0 heterocycles. The largest absolute Gasteiger partial charge is 0.497 e. The number of rotatable bonds is 10. The fourth-order valence-electron chi connectivity index (χ4n) is 3.58. The molecule has 2 nitrogen and oxygen atoms in total. The van der Waals surface area contributed by atoms with Gasteiger partial charge < -0.3 is 9.47 Å². The molecule has 0 aliphatic heterocycles. The van der Waals surface area contributed by atoms with Crippen LogP contribution in [0.5, 0.6) is 11.5 Å². The van der Waals surface area contributed by atoms with E-state index in [9.17, 15) is 0 Å². The molecule has 176 valence electrons. The third-order valence-corrected chi connectivity index (χ3v) is 5.55. The number of methoxy groups -OCH3 is 2. The van der Waals surface area contributed by atoms with Gasteiger partial charge in [-0.3, -0.25) is 0 Å². The summed E-state index contributed by atoms with van der Waals surface area (Å²) in [6, 6.07) is 13.8. The van der Waals surface area contributed by atoms with E-state index >= 15 is 0 Å². The molecule has 0 aromatic heterocycles. The summed E-state index contributed by atoms with van der Waals surface area (Å²) in [4.78, 5) is 0. The molecule has 0 saturated carbocycles. The highest BCUT2D eigenvalue weighted by Gasteiger charge is 2.08. The number of hydrogen-bond donors (Lipinski definition) is 0. The van der Waals surface area contributed by atoms with E-state index in [1.165, 1.54) is 51.4 Å². The summed E-state index contributed by atoms with van der Waals surface area (Å²) in [5.41, 5.74) is 3.35. The van der Waals surface area contributed by atoms with Crippen molar-refractivity contribution in [2.75, 3.05) is 14.2 Å². The minimum Gasteiger partial charge on any atom is -0.497 e. The maximum Gasteiger partial charge on any atom is 0.123 e. The van der Waals surface area contributed by atoms with Gasteiger partial charge in [0.15, 0.2) is 0 Å². The highest BCUT2D eigenvalue weighted by atomic mass is 16.5. The van der Waals surface area contributed by atoms with Gasteiger partial charge in [-0.2, -0.15) is 0 Å². The van der Waals surface area contributed by atoms with Crippen molar-refractivity contribution in [3.05, 3.63) is 59.2 Å². The van der Waals surface area contributed by atoms with Crippen LogP contribution in [-0.2, 0) is 0 Å². The standard InChI is InChI=1S/C31H40O2/c1-31(2,3)22-14-12-10-8-6-7-9-11-13-15-26-16-18-27(19-17-26)20-21-28-23-29(32-4)25-30(24-28)33-5/h16-19,23-25H,6-12,14,22H2,1-5H3. The van der Waals surface area contributed by atoms with Crippen LogP contribution in [0.1, 0.15) is 95.2 Å². The molecule has 2 aromatic carbocycles. The smallest absolute Gasteiger partial charge is 0.123 e. The first-order chi connectivity index (χ1) is 15.9. The lowest BCUT2D eigenvalue weighted by Crippen LogP contribution is -2.03. The highest BCUT2D eigenvalue weighted by molar-refractivity contribution is 5.50. The van der Waals surface area contributed by atoms with Gasteiger partial charge in [-0.15, -0.1) is 0 Å². The summed E-state index contributed by atoms with van der Waals surface area (Å²) in [6.45, 7) is 6.99. The molecule has 0 aliphatic rings. The van der Waals surface area contributed by atoms with E-state index in [1.807, 2.05) is 42.5 Å². The third-order valence-electron chi connectivity index (χ3n) is 5.55. The Morgan fingerprint density at radius 3 is 1.64 bits per heavy atom. The van der Waals surface area contributed by atoms with Crippen molar-refractivity contribution in [1.29, 1.82) is 0 Å². The third kappa shape index (κ3) is 11.5. The second kappa shape index (κ2) is 14.3. The SMILES string of the molecule is COc1cc(C#Cc2ccc(C#CCCCCCCCCCC(C)(C)C)cc2)cc(OC)c1. The first-order valence-corrected chi connectivity index (χ1v) is 12.2. The van der Waals surface area contributed by atoms with E-state index in [-0.39, 0.29) is 0 Å². The summed E-state index contributed by atoms with van der Waals surface area (Å²) in [5, 5.41) is 0. The minimum atomic E-state index is 0.484. The molecule has 2 heteroatoms. The molecule has 0 unspecified atom stereocenters. The fraction of sp³-hybridized carbons (Fsp3) is 0.484. The van der Waals surface area contributed by atoms with Gasteiger partial charge in [0.2, 0.25) is 0 Å². The first-order valence-electron chi connectivity index (χ1n) is 12.2. The minimum absolute atomic E-state index is 0.484. The average molecular weight is 445 g/mol. The summed E-state index contributed by atoms with van der Waals surface area (Å²) in [7, 11) is 3.28. The Kier molecular flexibility index (Phi) is 11.5. The predicted molar refractivity (Wildman–Crippen MR) is 140 cm³/mol. The molecule has 0 N–H and O–H groups in total. The van der Waals surface area contributed by atoms with E-state index in [0.29, 0.717) is 5.41 Å². The van der Waals surface area contributed by atoms with E-state index in [1.54, 1.807) is 14.2 Å². The number of benzene rings is 2. The molecule has 0 radical (unpaired) electrons. The Morgan fingerprint density at radius 2 is 1.09 bits per heavy atom. The molecular weight excluding hydrogens is 404 g/mol. The number of unbranched alkanes of at least 4 members (excludes halogenated alkanes) is 7. The Hall–Kier alpha value is -2.84. The van der Waals surface area contributed by atoms with Crippen LogP contribution < -0.4 is 9.47 Å². The maximum atomic E-state index is 5.30. The van der Waals surface area contributed by atoms with E-state index < -0.39 is 0 Å². The summed E-state index contributed by atoms with van der Waals surface area (Å²) in [6.07, 6.45) is 11.6. The summed E-state index contributed by atoms with van der Waals surface area (Å²) >= 11 is 0. The second-order valence-corrected chi connectivity index (χ2v) is 9.77. The van der Waals surface area contributed by atoms with Gasteiger partial charge in [0.25, 0.3) is 0 Å². The van der Waals surface area contributed by atoms with Crippen LogP contribution >= 0.6 is 0 Å². The van der Waals surface area contributed by atoms with Crippen molar-refractivity contribution in [2.45, 2.75) is 78.6 Å². The van der Waals surface area contributed by atoms with Gasteiger partial charge in [-0.1, -0.05) is 83.0 Å². The van der Waals surface area contributed by atoms with E-state index in [0.717, 1.165) is 34.6 Å². The zero-order chi connectivity index (χ0) is 23.9. The quantitative estimate of drug-likeness (QED) is 0.273. The lowest BCUT2D eigenvalue weighted by molar-refractivity contribution is 0.356. The average Bonchev–Trinajstić information content (AvgIpc) is 2.81. The van der Waals surface area contributed by atoms with Gasteiger partial charge in [-0.25, -0.2) is 0 Å². The van der Waals surface area contributed by atoms with E-state index in [4.69, 9.17) is 9.47 Å². The van der Waals surface area contributed by atoms with Gasteiger partial charge in [-0.05, 0) is 54.7 Å². The molecule has 0 saturated heterocycles. The molecular formula is C31H40O2. The van der Waals surface area contributed by atoms with Crippen molar-refractivity contribution in [3.8, 4) is 35.2 Å². The summed E-state index contributed by atoms with van der Waals surface area (Å²) < 4.78 is 10.6. The molecule has 0 spiro atoms. The molecule has 0 bridgehead atoms. The Bertz CT molecular complexity index is 934. The Morgan fingerprint density at radius 1 is 0.606 bits per heavy atom. The van der Waals surface area contributed by atoms with Gasteiger partial charge in [0, 0.05) is 29.2 Å². The highest BCUT2D eigenvalue weighted by Crippen LogP contribution is 2.23. The van der Waals surface area contributed by atoms with Crippen molar-refractivity contribution in [3.63, 3.8) is 0 Å². The zero-order valence-electron chi connectivity index (χ0n) is 21.2. The lowest BCUT2D eigenvalue weighted by atomic mass is 9.89. The first kappa shape index (κ1) is 26.4. The lowest BCUT2D eigenvalue weighted by Gasteiger charge is -2.17. The Balaban J connectivity index is 1.69. The zero-order valence-corrected chi connectivity index (χ0v) is 21.2. The van der Waals surface area contributed by atoms with Crippen LogP contribution in [0.3, 0.4) is 0 Å². The van der Waals surface area contributed by atoms with Crippen LogP contribution in [0.4, 0.5) is 0 Å². The molecule has 2 rings (SSSR count). The predicted octanol–water partition coefficient (Wildman–Crippen LogP) is 8.01. The Labute approximate surface area is 202 Å². The number of ether oxygens (including phenoxy) is 2. The maximum absolute atomic E-state index is 5.30. The van der Waals surface area contributed by atoms with Crippen LogP contribution in [0.15, 0.2) is 42.5 Å². The topological polar surface area (TPSA) is 18.5 Å². The number of hydrogen-bond acceptors (Lipinski definition) is 2. The van der Waals surface area contributed by atoms with Crippen molar-refractivity contribution < 1.29 is 9.47 Å². The van der Waals surface area contributed by atoms with Gasteiger partial charge in [0.1, 0.15) is 11.5 Å². The van der Waals surface area contributed by atoms with Gasteiger partial charge in [0.05, 0.1) is 14.2 Å². The van der Waals surface area contributed by atoms with Gasteiger partial charge >= 0.3 is 0 Å². The second-order valence-electron chi connectivity index (χ2n) is 9.77.